The maximum absolute atomic E-state index is 5.99. The van der Waals surface area contributed by atoms with Crippen LogP contribution in [0.1, 0.15) is 35.7 Å². The Morgan fingerprint density at radius 3 is 2.65 bits per heavy atom. The molecule has 0 saturated heterocycles. The van der Waals surface area contributed by atoms with Crippen molar-refractivity contribution < 1.29 is 4.74 Å². The van der Waals surface area contributed by atoms with Crippen molar-refractivity contribution in [2.75, 3.05) is 0 Å². The highest BCUT2D eigenvalue weighted by molar-refractivity contribution is 7.19. The van der Waals surface area contributed by atoms with Crippen LogP contribution in [0.3, 0.4) is 0 Å². The van der Waals surface area contributed by atoms with Gasteiger partial charge in [0.25, 0.3) is 0 Å². The van der Waals surface area contributed by atoms with Gasteiger partial charge in [-0.15, -0.1) is 16.4 Å². The van der Waals surface area contributed by atoms with Crippen LogP contribution in [-0.2, 0) is 17.8 Å². The largest absolute Gasteiger partial charge is 0.370 e. The zero-order valence-electron chi connectivity index (χ0n) is 15.3. The van der Waals surface area contributed by atoms with E-state index in [1.54, 1.807) is 11.3 Å². The van der Waals surface area contributed by atoms with Gasteiger partial charge in [-0.1, -0.05) is 29.8 Å². The summed E-state index contributed by atoms with van der Waals surface area (Å²) in [5.74, 6) is 1.60. The summed E-state index contributed by atoms with van der Waals surface area (Å²) in [5, 5.41) is 5.88. The standard InChI is InChI=1S/C20H20N4OS/c1-11-5-7-13(8-6-11)17-22-18-16-14-9-20(3,4)25-10-15(14)26-19(16)21-12(2)24(18)23-17/h5-8H,9-10H2,1-4H3. The van der Waals surface area contributed by atoms with Crippen molar-refractivity contribution in [1.29, 1.82) is 0 Å². The highest BCUT2D eigenvalue weighted by Crippen LogP contribution is 2.40. The van der Waals surface area contributed by atoms with E-state index < -0.39 is 0 Å². The number of aryl methyl sites for hydroxylation is 2. The summed E-state index contributed by atoms with van der Waals surface area (Å²) in [6.45, 7) is 8.99. The van der Waals surface area contributed by atoms with E-state index in [2.05, 4.69) is 45.0 Å². The summed E-state index contributed by atoms with van der Waals surface area (Å²) in [5.41, 5.74) is 4.31. The van der Waals surface area contributed by atoms with Crippen LogP contribution in [0.15, 0.2) is 24.3 Å². The molecule has 1 aromatic carbocycles. The molecule has 0 spiro atoms. The normalized spacial score (nSPS) is 16.3. The summed E-state index contributed by atoms with van der Waals surface area (Å²) in [6.07, 6.45) is 0.870. The van der Waals surface area contributed by atoms with Crippen molar-refractivity contribution in [3.63, 3.8) is 0 Å². The number of hydrogen-bond donors (Lipinski definition) is 0. The molecular weight excluding hydrogens is 344 g/mol. The number of benzene rings is 1. The molecule has 1 aliphatic rings. The quantitative estimate of drug-likeness (QED) is 0.500. The van der Waals surface area contributed by atoms with Crippen molar-refractivity contribution in [2.45, 2.75) is 46.3 Å². The molecule has 0 bridgehead atoms. The van der Waals surface area contributed by atoms with E-state index in [0.717, 1.165) is 39.5 Å². The van der Waals surface area contributed by atoms with Gasteiger partial charge in [-0.3, -0.25) is 0 Å². The molecule has 0 amide bonds. The molecule has 1 aliphatic heterocycles. The zero-order chi connectivity index (χ0) is 18.1. The van der Waals surface area contributed by atoms with Crippen LogP contribution >= 0.6 is 11.3 Å². The lowest BCUT2D eigenvalue weighted by Crippen LogP contribution is -2.31. The maximum Gasteiger partial charge on any atom is 0.182 e. The topological polar surface area (TPSA) is 52.3 Å². The first-order chi connectivity index (χ1) is 12.4. The molecule has 0 aliphatic carbocycles. The predicted molar refractivity (Wildman–Crippen MR) is 104 cm³/mol. The van der Waals surface area contributed by atoms with E-state index in [9.17, 15) is 0 Å². The van der Waals surface area contributed by atoms with Crippen LogP contribution in [0.4, 0.5) is 0 Å². The number of rotatable bonds is 1. The number of thiophene rings is 1. The number of fused-ring (bicyclic) bond motifs is 5. The Morgan fingerprint density at radius 1 is 1.12 bits per heavy atom. The van der Waals surface area contributed by atoms with Gasteiger partial charge >= 0.3 is 0 Å². The molecule has 0 unspecified atom stereocenters. The van der Waals surface area contributed by atoms with Gasteiger partial charge in [0, 0.05) is 16.9 Å². The van der Waals surface area contributed by atoms with E-state index in [4.69, 9.17) is 19.8 Å². The van der Waals surface area contributed by atoms with Crippen molar-refractivity contribution in [1.82, 2.24) is 19.6 Å². The van der Waals surface area contributed by atoms with Crippen molar-refractivity contribution in [3.8, 4) is 11.4 Å². The lowest BCUT2D eigenvalue weighted by Gasteiger charge is -2.30. The molecule has 26 heavy (non-hydrogen) atoms. The third kappa shape index (κ3) is 2.36. The molecule has 4 aromatic rings. The molecule has 0 radical (unpaired) electrons. The number of aromatic nitrogens is 4. The Kier molecular flexibility index (Phi) is 3.27. The van der Waals surface area contributed by atoms with Gasteiger partial charge in [-0.05, 0) is 33.3 Å². The van der Waals surface area contributed by atoms with Crippen LogP contribution in [0.5, 0.6) is 0 Å². The summed E-state index contributed by atoms with van der Waals surface area (Å²) < 4.78 is 7.87. The Labute approximate surface area is 155 Å². The molecule has 0 fully saturated rings. The van der Waals surface area contributed by atoms with Crippen LogP contribution in [0, 0.1) is 13.8 Å². The SMILES string of the molecule is Cc1ccc(-c2nc3c4c5c(sc4nc(C)n3n2)COC(C)(C)C5)cc1. The summed E-state index contributed by atoms with van der Waals surface area (Å²) in [7, 11) is 0. The second kappa shape index (κ2) is 5.34. The first kappa shape index (κ1) is 15.9. The smallest absolute Gasteiger partial charge is 0.182 e. The summed E-state index contributed by atoms with van der Waals surface area (Å²) in [6, 6.07) is 8.33. The molecule has 6 heteroatoms. The van der Waals surface area contributed by atoms with E-state index in [1.165, 1.54) is 16.0 Å². The molecule has 5 rings (SSSR count). The molecule has 0 atom stereocenters. The van der Waals surface area contributed by atoms with Gasteiger partial charge in [0.05, 0.1) is 17.6 Å². The van der Waals surface area contributed by atoms with Crippen LogP contribution in [0.25, 0.3) is 27.3 Å². The van der Waals surface area contributed by atoms with Crippen molar-refractivity contribution >= 4 is 27.2 Å². The number of hydrogen-bond acceptors (Lipinski definition) is 5. The number of nitrogens with zero attached hydrogens (tertiary/aromatic N) is 4. The highest BCUT2D eigenvalue weighted by atomic mass is 32.1. The Balaban J connectivity index is 1.79. The molecule has 132 valence electrons. The predicted octanol–water partition coefficient (Wildman–Crippen LogP) is 4.47. The van der Waals surface area contributed by atoms with Gasteiger partial charge < -0.3 is 4.74 Å². The average molecular weight is 364 g/mol. The van der Waals surface area contributed by atoms with Crippen molar-refractivity contribution in [2.24, 2.45) is 0 Å². The average Bonchev–Trinajstić information content (AvgIpc) is 3.16. The Bertz CT molecular complexity index is 1150. The third-order valence-corrected chi connectivity index (χ3v) is 6.08. The van der Waals surface area contributed by atoms with E-state index >= 15 is 0 Å². The lowest BCUT2D eigenvalue weighted by molar-refractivity contribution is -0.0379. The highest BCUT2D eigenvalue weighted by Gasteiger charge is 2.31. The van der Waals surface area contributed by atoms with Gasteiger partial charge in [-0.25, -0.2) is 9.97 Å². The first-order valence-corrected chi connectivity index (χ1v) is 9.61. The Hall–Kier alpha value is -2.31. The van der Waals surface area contributed by atoms with Crippen molar-refractivity contribution in [3.05, 3.63) is 46.1 Å². The monoisotopic (exact) mass is 364 g/mol. The molecule has 0 N–H and O–H groups in total. The van der Waals surface area contributed by atoms with Gasteiger partial charge in [0.15, 0.2) is 11.5 Å². The van der Waals surface area contributed by atoms with Gasteiger partial charge in [0.2, 0.25) is 0 Å². The fourth-order valence-electron chi connectivity index (χ4n) is 3.57. The fraction of sp³-hybridized carbons (Fsp3) is 0.350. The summed E-state index contributed by atoms with van der Waals surface area (Å²) in [4.78, 5) is 12.0. The van der Waals surface area contributed by atoms with E-state index in [1.807, 2.05) is 11.4 Å². The third-order valence-electron chi connectivity index (χ3n) is 4.98. The minimum Gasteiger partial charge on any atom is -0.370 e. The summed E-state index contributed by atoms with van der Waals surface area (Å²) >= 11 is 1.72. The molecule has 0 saturated carbocycles. The Morgan fingerprint density at radius 2 is 1.88 bits per heavy atom. The molecule has 5 nitrogen and oxygen atoms in total. The van der Waals surface area contributed by atoms with E-state index in [0.29, 0.717) is 6.61 Å². The minimum absolute atomic E-state index is 0.164. The molecular formula is C20H20N4OS. The first-order valence-electron chi connectivity index (χ1n) is 8.80. The van der Waals surface area contributed by atoms with Crippen LogP contribution in [-0.4, -0.2) is 25.2 Å². The minimum atomic E-state index is -0.164. The van der Waals surface area contributed by atoms with Crippen LogP contribution < -0.4 is 0 Å². The second-order valence-corrected chi connectivity index (χ2v) is 8.69. The van der Waals surface area contributed by atoms with Gasteiger partial charge in [-0.2, -0.15) is 4.52 Å². The molecule has 3 aromatic heterocycles. The van der Waals surface area contributed by atoms with Gasteiger partial charge in [0.1, 0.15) is 10.7 Å². The number of ether oxygens (including phenoxy) is 1. The van der Waals surface area contributed by atoms with Crippen LogP contribution in [0.2, 0.25) is 0 Å². The molecule has 4 heterocycles. The lowest BCUT2D eigenvalue weighted by atomic mass is 9.94. The maximum atomic E-state index is 5.99. The second-order valence-electron chi connectivity index (χ2n) is 7.60. The van der Waals surface area contributed by atoms with E-state index in [-0.39, 0.29) is 5.60 Å². The fourth-order valence-corrected chi connectivity index (χ4v) is 4.71. The zero-order valence-corrected chi connectivity index (χ0v) is 16.1.